The Morgan fingerprint density at radius 3 is 2.58 bits per heavy atom. The Labute approximate surface area is 108 Å². The summed E-state index contributed by atoms with van der Waals surface area (Å²) in [6, 6.07) is 0. The summed E-state index contributed by atoms with van der Waals surface area (Å²) in [7, 11) is 1.22. The number of carbonyl (C=O) groups excluding carboxylic acids is 1. The molecule has 1 atom stereocenters. The molecule has 0 fully saturated rings. The number of nitrogens with zero attached hydrogens (tertiary/aromatic N) is 2. The molecule has 8 heteroatoms. The number of nitrogens with one attached hydrogen (secondary N) is 1. The number of esters is 1. The maximum absolute atomic E-state index is 12.4. The van der Waals surface area contributed by atoms with Gasteiger partial charge in [-0.2, -0.15) is 18.3 Å². The maximum Gasteiger partial charge on any atom is 0.419 e. The highest BCUT2D eigenvalue weighted by atomic mass is 19.4. The van der Waals surface area contributed by atoms with Gasteiger partial charge in [0.2, 0.25) is 0 Å². The number of likely N-dealkylation sites (N-methyl/N-ethyl adjacent to an activating group) is 1. The number of carbonyl (C=O) groups is 1. The second-order valence-electron chi connectivity index (χ2n) is 4.28. The van der Waals surface area contributed by atoms with Gasteiger partial charge < -0.3 is 10.1 Å². The van der Waals surface area contributed by atoms with Crippen molar-refractivity contribution in [3.8, 4) is 0 Å². The van der Waals surface area contributed by atoms with Crippen LogP contribution in [0.25, 0.3) is 0 Å². The Balaban J connectivity index is 2.92. The van der Waals surface area contributed by atoms with E-state index in [1.165, 1.54) is 7.11 Å². The van der Waals surface area contributed by atoms with E-state index in [0.29, 0.717) is 6.54 Å². The van der Waals surface area contributed by atoms with Crippen LogP contribution >= 0.6 is 0 Å². The molecule has 0 radical (unpaired) electrons. The van der Waals surface area contributed by atoms with Gasteiger partial charge in [0, 0.05) is 6.20 Å². The van der Waals surface area contributed by atoms with E-state index in [-0.39, 0.29) is 6.54 Å². The Morgan fingerprint density at radius 2 is 2.16 bits per heavy atom. The van der Waals surface area contributed by atoms with E-state index in [9.17, 15) is 18.0 Å². The molecule has 1 aromatic rings. The molecule has 108 valence electrons. The molecule has 0 aliphatic heterocycles. The molecule has 0 bridgehead atoms. The second kappa shape index (κ2) is 5.60. The van der Waals surface area contributed by atoms with Gasteiger partial charge in [-0.3, -0.25) is 4.68 Å². The minimum Gasteiger partial charge on any atom is -0.468 e. The Hall–Kier alpha value is -1.57. The molecule has 0 spiro atoms. The Kier molecular flexibility index (Phi) is 4.56. The highest BCUT2D eigenvalue weighted by Gasteiger charge is 2.36. The molecular weight excluding hydrogens is 263 g/mol. The fraction of sp³-hybridized carbons (Fsp3) is 0.636. The molecule has 0 aliphatic rings. The smallest absolute Gasteiger partial charge is 0.419 e. The van der Waals surface area contributed by atoms with Gasteiger partial charge >= 0.3 is 12.1 Å². The van der Waals surface area contributed by atoms with Crippen molar-refractivity contribution >= 4 is 5.97 Å². The van der Waals surface area contributed by atoms with Gasteiger partial charge in [-0.25, -0.2) is 4.79 Å². The first-order chi connectivity index (χ1) is 8.73. The number of halogens is 3. The van der Waals surface area contributed by atoms with Gasteiger partial charge in [-0.05, 0) is 13.5 Å². The Bertz CT molecular complexity index is 445. The van der Waals surface area contributed by atoms with Crippen molar-refractivity contribution in [1.29, 1.82) is 0 Å². The van der Waals surface area contributed by atoms with Crippen LogP contribution in [-0.4, -0.2) is 34.9 Å². The number of rotatable bonds is 5. The number of hydrogen-bond donors (Lipinski definition) is 1. The summed E-state index contributed by atoms with van der Waals surface area (Å²) >= 11 is 0. The van der Waals surface area contributed by atoms with Crippen molar-refractivity contribution < 1.29 is 22.7 Å². The van der Waals surface area contributed by atoms with Crippen LogP contribution in [0.2, 0.25) is 0 Å². The fourth-order valence-electron chi connectivity index (χ4n) is 1.73. The van der Waals surface area contributed by atoms with Crippen molar-refractivity contribution in [2.45, 2.75) is 32.1 Å². The lowest BCUT2D eigenvalue weighted by Crippen LogP contribution is -2.53. The van der Waals surface area contributed by atoms with Crippen LogP contribution in [0.5, 0.6) is 0 Å². The minimum absolute atomic E-state index is 0.0520. The van der Waals surface area contributed by atoms with Crippen molar-refractivity contribution in [2.75, 3.05) is 13.7 Å². The van der Waals surface area contributed by atoms with Crippen LogP contribution in [0.15, 0.2) is 12.4 Å². The van der Waals surface area contributed by atoms with Crippen molar-refractivity contribution in [3.63, 3.8) is 0 Å². The molecule has 1 aromatic heterocycles. The van der Waals surface area contributed by atoms with Crippen LogP contribution in [0.4, 0.5) is 13.2 Å². The number of hydrogen-bond acceptors (Lipinski definition) is 4. The van der Waals surface area contributed by atoms with Crippen LogP contribution in [0.1, 0.15) is 19.4 Å². The average Bonchev–Trinajstić information content (AvgIpc) is 2.76. The molecule has 0 saturated heterocycles. The monoisotopic (exact) mass is 279 g/mol. The van der Waals surface area contributed by atoms with Crippen molar-refractivity contribution in [1.82, 2.24) is 15.1 Å². The van der Waals surface area contributed by atoms with Gasteiger partial charge in [-0.15, -0.1) is 0 Å². The molecule has 1 rings (SSSR count). The minimum atomic E-state index is -4.45. The molecule has 0 aliphatic carbocycles. The Morgan fingerprint density at radius 1 is 1.53 bits per heavy atom. The lowest BCUT2D eigenvalue weighted by molar-refractivity contribution is -0.148. The average molecular weight is 279 g/mol. The summed E-state index contributed by atoms with van der Waals surface area (Å²) in [5.74, 6) is -0.557. The second-order valence-corrected chi connectivity index (χ2v) is 4.28. The van der Waals surface area contributed by atoms with Crippen LogP contribution in [0.3, 0.4) is 0 Å². The van der Waals surface area contributed by atoms with Gasteiger partial charge in [0.1, 0.15) is 5.54 Å². The van der Waals surface area contributed by atoms with E-state index in [4.69, 9.17) is 0 Å². The van der Waals surface area contributed by atoms with E-state index < -0.39 is 23.2 Å². The van der Waals surface area contributed by atoms with Gasteiger partial charge in [0.15, 0.2) is 0 Å². The number of methoxy groups -OCH3 is 1. The summed E-state index contributed by atoms with van der Waals surface area (Å²) in [5, 5.41) is 6.51. The highest BCUT2D eigenvalue weighted by molar-refractivity contribution is 5.80. The standard InChI is InChI=1S/C11H16F3N3O2/c1-4-15-10(2,9(18)19-3)7-17-6-8(5-16-17)11(12,13)14/h5-6,15H,4,7H2,1-3H3. The van der Waals surface area contributed by atoms with Crippen LogP contribution in [0, 0.1) is 0 Å². The molecule has 0 aromatic carbocycles. The number of ether oxygens (including phenoxy) is 1. The molecule has 1 unspecified atom stereocenters. The zero-order valence-electron chi connectivity index (χ0n) is 10.9. The van der Waals surface area contributed by atoms with E-state index >= 15 is 0 Å². The summed E-state index contributed by atoms with van der Waals surface area (Å²) in [6.07, 6.45) is -2.86. The highest BCUT2D eigenvalue weighted by Crippen LogP contribution is 2.28. The third-order valence-electron chi connectivity index (χ3n) is 2.64. The SMILES string of the molecule is CCNC(C)(Cn1cc(C(F)(F)F)cn1)C(=O)OC. The third-order valence-corrected chi connectivity index (χ3v) is 2.64. The van der Waals surface area contributed by atoms with Crippen molar-refractivity contribution in [3.05, 3.63) is 18.0 Å². The van der Waals surface area contributed by atoms with Gasteiger partial charge in [0.25, 0.3) is 0 Å². The quantitative estimate of drug-likeness (QED) is 0.829. The summed E-state index contributed by atoms with van der Waals surface area (Å²) in [4.78, 5) is 11.7. The molecule has 0 saturated carbocycles. The summed E-state index contributed by atoms with van der Waals surface area (Å²) < 4.78 is 43.1. The third kappa shape index (κ3) is 3.69. The van der Waals surface area contributed by atoms with Crippen LogP contribution < -0.4 is 5.32 Å². The summed E-state index contributed by atoms with van der Waals surface area (Å²) in [5.41, 5.74) is -1.98. The topological polar surface area (TPSA) is 56.2 Å². The zero-order valence-corrected chi connectivity index (χ0v) is 10.9. The predicted molar refractivity (Wildman–Crippen MR) is 61.3 cm³/mol. The molecule has 1 heterocycles. The molecular formula is C11H16F3N3O2. The molecule has 19 heavy (non-hydrogen) atoms. The van der Waals surface area contributed by atoms with E-state index in [2.05, 4.69) is 15.2 Å². The normalized spacial score (nSPS) is 15.1. The van der Waals surface area contributed by atoms with Gasteiger partial charge in [0.05, 0.1) is 25.4 Å². The number of aromatic nitrogens is 2. The first kappa shape index (κ1) is 15.5. The van der Waals surface area contributed by atoms with E-state index in [1.807, 2.05) is 0 Å². The largest absolute Gasteiger partial charge is 0.468 e. The van der Waals surface area contributed by atoms with E-state index in [0.717, 1.165) is 17.1 Å². The molecule has 1 N–H and O–H groups in total. The lowest BCUT2D eigenvalue weighted by Gasteiger charge is -2.27. The lowest BCUT2D eigenvalue weighted by atomic mass is 10.0. The first-order valence-corrected chi connectivity index (χ1v) is 5.66. The van der Waals surface area contributed by atoms with Gasteiger partial charge in [-0.1, -0.05) is 6.92 Å². The summed E-state index contributed by atoms with van der Waals surface area (Å²) in [6.45, 7) is 3.76. The zero-order chi connectivity index (χ0) is 14.7. The molecule has 0 amide bonds. The predicted octanol–water partition coefficient (Wildman–Crippen LogP) is 1.44. The maximum atomic E-state index is 12.4. The van der Waals surface area contributed by atoms with E-state index in [1.54, 1.807) is 13.8 Å². The fourth-order valence-corrected chi connectivity index (χ4v) is 1.73. The van der Waals surface area contributed by atoms with Crippen molar-refractivity contribution in [2.24, 2.45) is 0 Å². The first-order valence-electron chi connectivity index (χ1n) is 5.66. The molecule has 5 nitrogen and oxygen atoms in total. The van der Waals surface area contributed by atoms with Crippen LogP contribution in [-0.2, 0) is 22.3 Å². The number of alkyl halides is 3.